The lowest BCUT2D eigenvalue weighted by Crippen LogP contribution is -2.19. The Hall–Kier alpha value is -1.62. The number of nitrogens with zero attached hydrogens (tertiary/aromatic N) is 4. The summed E-state index contributed by atoms with van der Waals surface area (Å²) in [5.41, 5.74) is 2.30. The van der Waals surface area contributed by atoms with Crippen molar-refractivity contribution in [1.29, 1.82) is 0 Å². The molecule has 1 saturated carbocycles. The first kappa shape index (κ1) is 13.4. The van der Waals surface area contributed by atoms with Crippen LogP contribution >= 0.6 is 0 Å². The van der Waals surface area contributed by atoms with E-state index in [2.05, 4.69) is 47.7 Å². The Morgan fingerprint density at radius 3 is 3.00 bits per heavy atom. The van der Waals surface area contributed by atoms with Crippen LogP contribution in [0.5, 0.6) is 0 Å². The molecule has 1 atom stereocenters. The van der Waals surface area contributed by atoms with Crippen LogP contribution in [0.3, 0.4) is 0 Å². The van der Waals surface area contributed by atoms with Gasteiger partial charge < -0.3 is 5.32 Å². The van der Waals surface area contributed by atoms with Gasteiger partial charge in [-0.2, -0.15) is 10.2 Å². The normalized spacial score (nSPS) is 16.5. The summed E-state index contributed by atoms with van der Waals surface area (Å²) in [5.74, 6) is 0. The van der Waals surface area contributed by atoms with Gasteiger partial charge in [-0.05, 0) is 38.3 Å². The van der Waals surface area contributed by atoms with Gasteiger partial charge in [0.15, 0.2) is 0 Å². The Balaban J connectivity index is 1.64. The van der Waals surface area contributed by atoms with Crippen LogP contribution in [-0.2, 0) is 13.1 Å². The van der Waals surface area contributed by atoms with Crippen LogP contribution in [0.25, 0.3) is 0 Å². The lowest BCUT2D eigenvalue weighted by Gasteiger charge is -2.09. The first-order chi connectivity index (χ1) is 9.76. The molecule has 0 saturated heterocycles. The maximum absolute atomic E-state index is 4.64. The summed E-state index contributed by atoms with van der Waals surface area (Å²) in [4.78, 5) is 0. The number of rotatable bonds is 7. The van der Waals surface area contributed by atoms with Crippen molar-refractivity contribution in [3.05, 3.63) is 35.9 Å². The van der Waals surface area contributed by atoms with Crippen molar-refractivity contribution in [2.24, 2.45) is 0 Å². The highest BCUT2D eigenvalue weighted by atomic mass is 15.3. The van der Waals surface area contributed by atoms with Gasteiger partial charge in [0.2, 0.25) is 0 Å². The fourth-order valence-corrected chi connectivity index (χ4v) is 2.24. The Kier molecular flexibility index (Phi) is 3.87. The molecular formula is C15H23N5. The van der Waals surface area contributed by atoms with E-state index in [1.807, 2.05) is 15.6 Å². The molecule has 2 aromatic heterocycles. The van der Waals surface area contributed by atoms with Crippen LogP contribution < -0.4 is 5.32 Å². The van der Waals surface area contributed by atoms with Crippen molar-refractivity contribution >= 4 is 0 Å². The number of aromatic nitrogens is 4. The molecule has 20 heavy (non-hydrogen) atoms. The van der Waals surface area contributed by atoms with Gasteiger partial charge in [-0.15, -0.1) is 0 Å². The van der Waals surface area contributed by atoms with E-state index in [0.29, 0.717) is 6.04 Å². The lowest BCUT2D eigenvalue weighted by molar-refractivity contribution is 0.469. The molecular weight excluding hydrogens is 250 g/mol. The lowest BCUT2D eigenvalue weighted by atomic mass is 10.3. The van der Waals surface area contributed by atoms with Crippen molar-refractivity contribution < 1.29 is 0 Å². The standard InChI is InChI=1S/C15H23N5/c1-3-12(2)19-9-7-14(18-19)11-20-15(6-8-17-20)10-16-13-4-5-13/h6-9,12-13,16H,3-5,10-11H2,1-2H3. The number of hydrogen-bond donors (Lipinski definition) is 1. The predicted molar refractivity (Wildman–Crippen MR) is 78.4 cm³/mol. The summed E-state index contributed by atoms with van der Waals surface area (Å²) in [6, 6.07) is 5.35. The van der Waals surface area contributed by atoms with E-state index in [1.165, 1.54) is 18.5 Å². The minimum atomic E-state index is 0.456. The second-order valence-corrected chi connectivity index (χ2v) is 5.68. The maximum atomic E-state index is 4.64. The Morgan fingerprint density at radius 2 is 2.25 bits per heavy atom. The molecule has 0 bridgehead atoms. The zero-order chi connectivity index (χ0) is 13.9. The second kappa shape index (κ2) is 5.79. The van der Waals surface area contributed by atoms with E-state index in [4.69, 9.17) is 0 Å². The molecule has 5 nitrogen and oxygen atoms in total. The smallest absolute Gasteiger partial charge is 0.0853 e. The molecule has 108 valence electrons. The number of hydrogen-bond acceptors (Lipinski definition) is 3. The molecule has 3 rings (SSSR count). The molecule has 2 aromatic rings. The highest BCUT2D eigenvalue weighted by Crippen LogP contribution is 2.19. The van der Waals surface area contributed by atoms with E-state index in [1.54, 1.807) is 0 Å². The van der Waals surface area contributed by atoms with Crippen molar-refractivity contribution in [2.75, 3.05) is 0 Å². The Morgan fingerprint density at radius 1 is 1.40 bits per heavy atom. The summed E-state index contributed by atoms with van der Waals surface area (Å²) in [6.45, 7) is 6.02. The molecule has 0 radical (unpaired) electrons. The molecule has 0 aliphatic heterocycles. The average molecular weight is 273 g/mol. The highest BCUT2D eigenvalue weighted by Gasteiger charge is 2.20. The van der Waals surface area contributed by atoms with Crippen molar-refractivity contribution in [3.8, 4) is 0 Å². The molecule has 0 amide bonds. The van der Waals surface area contributed by atoms with Crippen molar-refractivity contribution in [2.45, 2.75) is 58.3 Å². The van der Waals surface area contributed by atoms with Crippen LogP contribution in [0.4, 0.5) is 0 Å². The van der Waals surface area contributed by atoms with E-state index < -0.39 is 0 Å². The summed E-state index contributed by atoms with van der Waals surface area (Å²) in [7, 11) is 0. The average Bonchev–Trinajstić information content (AvgIpc) is 3.00. The molecule has 5 heteroatoms. The minimum Gasteiger partial charge on any atom is -0.308 e. The Bertz CT molecular complexity index is 552. The van der Waals surface area contributed by atoms with Gasteiger partial charge in [-0.1, -0.05) is 6.92 Å². The molecule has 1 unspecified atom stereocenters. The van der Waals surface area contributed by atoms with Gasteiger partial charge in [0.1, 0.15) is 0 Å². The molecule has 1 aliphatic carbocycles. The third-order valence-electron chi connectivity index (χ3n) is 3.97. The molecule has 2 heterocycles. The van der Waals surface area contributed by atoms with E-state index in [-0.39, 0.29) is 0 Å². The largest absolute Gasteiger partial charge is 0.308 e. The first-order valence-electron chi connectivity index (χ1n) is 7.54. The SMILES string of the molecule is CCC(C)n1ccc(Cn2nccc2CNC2CC2)n1. The van der Waals surface area contributed by atoms with Crippen molar-refractivity contribution in [3.63, 3.8) is 0 Å². The highest BCUT2D eigenvalue weighted by molar-refractivity contribution is 5.06. The Labute approximate surface area is 120 Å². The fraction of sp³-hybridized carbons (Fsp3) is 0.600. The van der Waals surface area contributed by atoms with Crippen LogP contribution in [0, 0.1) is 0 Å². The molecule has 1 aliphatic rings. The summed E-state index contributed by atoms with van der Waals surface area (Å²) in [5, 5.41) is 12.6. The fourth-order valence-electron chi connectivity index (χ4n) is 2.24. The number of nitrogens with one attached hydrogen (secondary N) is 1. The third kappa shape index (κ3) is 3.10. The van der Waals surface area contributed by atoms with Gasteiger partial charge >= 0.3 is 0 Å². The topological polar surface area (TPSA) is 47.7 Å². The van der Waals surface area contributed by atoms with Crippen LogP contribution in [0.1, 0.15) is 50.5 Å². The first-order valence-corrected chi connectivity index (χ1v) is 7.54. The van der Waals surface area contributed by atoms with Gasteiger partial charge in [0.25, 0.3) is 0 Å². The van der Waals surface area contributed by atoms with E-state index in [9.17, 15) is 0 Å². The van der Waals surface area contributed by atoms with E-state index >= 15 is 0 Å². The van der Waals surface area contributed by atoms with Gasteiger partial charge in [-0.3, -0.25) is 9.36 Å². The van der Waals surface area contributed by atoms with Crippen molar-refractivity contribution in [1.82, 2.24) is 24.9 Å². The summed E-state index contributed by atoms with van der Waals surface area (Å²) in [6.07, 6.45) is 7.66. The molecule has 1 N–H and O–H groups in total. The monoisotopic (exact) mass is 273 g/mol. The van der Waals surface area contributed by atoms with Gasteiger partial charge in [-0.25, -0.2) is 0 Å². The zero-order valence-corrected chi connectivity index (χ0v) is 12.3. The van der Waals surface area contributed by atoms with Crippen LogP contribution in [0.15, 0.2) is 24.5 Å². The summed E-state index contributed by atoms with van der Waals surface area (Å²) < 4.78 is 4.08. The van der Waals surface area contributed by atoms with Gasteiger partial charge in [0.05, 0.1) is 17.9 Å². The molecule has 0 aromatic carbocycles. The molecule has 1 fully saturated rings. The van der Waals surface area contributed by atoms with Gasteiger partial charge in [0, 0.05) is 31.0 Å². The second-order valence-electron chi connectivity index (χ2n) is 5.68. The summed E-state index contributed by atoms with van der Waals surface area (Å²) >= 11 is 0. The molecule has 0 spiro atoms. The quantitative estimate of drug-likeness (QED) is 0.842. The van der Waals surface area contributed by atoms with Crippen LogP contribution in [-0.4, -0.2) is 25.6 Å². The third-order valence-corrected chi connectivity index (χ3v) is 3.97. The predicted octanol–water partition coefficient (Wildman–Crippen LogP) is 2.35. The van der Waals surface area contributed by atoms with Crippen LogP contribution in [0.2, 0.25) is 0 Å². The minimum absolute atomic E-state index is 0.456. The van der Waals surface area contributed by atoms with E-state index in [0.717, 1.165) is 31.2 Å². The maximum Gasteiger partial charge on any atom is 0.0853 e. The zero-order valence-electron chi connectivity index (χ0n) is 12.3.